The Morgan fingerprint density at radius 1 is 1.20 bits per heavy atom. The maximum absolute atomic E-state index is 12.7. The summed E-state index contributed by atoms with van der Waals surface area (Å²) in [6.07, 6.45) is 5.21. The van der Waals surface area contributed by atoms with E-state index in [9.17, 15) is 10.1 Å². The molecule has 0 radical (unpaired) electrons. The molecule has 0 unspecified atom stereocenters. The van der Waals surface area contributed by atoms with Gasteiger partial charge in [-0.1, -0.05) is 30.0 Å². The highest BCUT2D eigenvalue weighted by molar-refractivity contribution is 8.00. The molecule has 126 valence electrons. The van der Waals surface area contributed by atoms with Crippen molar-refractivity contribution in [2.75, 3.05) is 17.2 Å². The predicted octanol–water partition coefficient (Wildman–Crippen LogP) is 3.51. The molecule has 1 aliphatic carbocycles. The second-order valence-corrected chi connectivity index (χ2v) is 7.44. The normalized spacial score (nSPS) is 15.4. The fourth-order valence-electron chi connectivity index (χ4n) is 3.61. The van der Waals surface area contributed by atoms with E-state index in [2.05, 4.69) is 12.1 Å². The van der Waals surface area contributed by atoms with Gasteiger partial charge in [0.15, 0.2) is 0 Å². The van der Waals surface area contributed by atoms with Gasteiger partial charge in [0.2, 0.25) is 5.91 Å². The smallest absolute Gasteiger partial charge is 0.237 e. The van der Waals surface area contributed by atoms with Crippen LogP contribution in [0, 0.1) is 11.3 Å². The number of aryl methyl sites for hydroxylation is 2. The lowest BCUT2D eigenvalue weighted by atomic mass is 9.95. The Hall–Kier alpha value is -2.32. The summed E-state index contributed by atoms with van der Waals surface area (Å²) in [7, 11) is 0. The van der Waals surface area contributed by atoms with E-state index in [1.807, 2.05) is 29.2 Å². The first kappa shape index (κ1) is 16.2. The third-order valence-electron chi connectivity index (χ3n) is 4.91. The number of carbonyl (C=O) groups excluding carboxylic acids is 1. The molecule has 5 heteroatoms. The molecular weight excluding hydrogens is 330 g/mol. The molecule has 4 nitrogen and oxygen atoms in total. The Morgan fingerprint density at radius 3 is 2.92 bits per heavy atom. The van der Waals surface area contributed by atoms with Gasteiger partial charge < -0.3 is 4.90 Å². The molecule has 1 amide bonds. The number of aromatic nitrogens is 1. The van der Waals surface area contributed by atoms with Crippen LogP contribution in [0.5, 0.6) is 0 Å². The molecule has 0 saturated heterocycles. The van der Waals surface area contributed by atoms with Gasteiger partial charge in [0.1, 0.15) is 11.1 Å². The van der Waals surface area contributed by atoms with Crippen molar-refractivity contribution in [3.05, 3.63) is 52.7 Å². The fraction of sp³-hybridized carbons (Fsp3) is 0.350. The number of pyridine rings is 1. The Labute approximate surface area is 151 Å². The number of amides is 1. The monoisotopic (exact) mass is 349 g/mol. The molecule has 25 heavy (non-hydrogen) atoms. The van der Waals surface area contributed by atoms with E-state index in [0.29, 0.717) is 16.3 Å². The lowest BCUT2D eigenvalue weighted by Gasteiger charge is -2.18. The minimum atomic E-state index is 0.0818. The molecule has 2 heterocycles. The minimum Gasteiger partial charge on any atom is -0.311 e. The number of hydrogen-bond acceptors (Lipinski definition) is 4. The lowest BCUT2D eigenvalue weighted by Crippen LogP contribution is -2.30. The van der Waals surface area contributed by atoms with Gasteiger partial charge >= 0.3 is 0 Å². The summed E-state index contributed by atoms with van der Waals surface area (Å²) in [6, 6.07) is 12.3. The molecule has 0 spiro atoms. The van der Waals surface area contributed by atoms with Crippen LogP contribution in [0.3, 0.4) is 0 Å². The van der Waals surface area contributed by atoms with Crippen molar-refractivity contribution in [1.82, 2.24) is 4.98 Å². The zero-order chi connectivity index (χ0) is 17.2. The van der Waals surface area contributed by atoms with Crippen LogP contribution in [0.25, 0.3) is 0 Å². The summed E-state index contributed by atoms with van der Waals surface area (Å²) in [5.41, 5.74) is 5.15. The average Bonchev–Trinajstić information content (AvgIpc) is 3.09. The number of benzene rings is 1. The third-order valence-corrected chi connectivity index (χ3v) is 5.88. The first-order chi connectivity index (χ1) is 12.3. The van der Waals surface area contributed by atoms with E-state index < -0.39 is 0 Å². The van der Waals surface area contributed by atoms with Gasteiger partial charge in [-0.3, -0.25) is 4.79 Å². The van der Waals surface area contributed by atoms with E-state index in [1.165, 1.54) is 29.3 Å². The van der Waals surface area contributed by atoms with Gasteiger partial charge in [-0.05, 0) is 55.4 Å². The average molecular weight is 349 g/mol. The molecule has 0 fully saturated rings. The molecule has 4 rings (SSSR count). The van der Waals surface area contributed by atoms with E-state index in [1.54, 1.807) is 0 Å². The quantitative estimate of drug-likeness (QED) is 0.796. The number of nitriles is 1. The van der Waals surface area contributed by atoms with Crippen molar-refractivity contribution in [1.29, 1.82) is 5.26 Å². The summed E-state index contributed by atoms with van der Waals surface area (Å²) in [6.45, 7) is 0.738. The molecule has 2 aliphatic rings. The highest BCUT2D eigenvalue weighted by Crippen LogP contribution is 2.30. The summed E-state index contributed by atoms with van der Waals surface area (Å²) in [5.74, 6) is 0.396. The van der Waals surface area contributed by atoms with Gasteiger partial charge in [-0.25, -0.2) is 4.98 Å². The van der Waals surface area contributed by atoms with Crippen LogP contribution < -0.4 is 4.90 Å². The Morgan fingerprint density at radius 2 is 2.04 bits per heavy atom. The van der Waals surface area contributed by atoms with E-state index in [0.717, 1.165) is 43.6 Å². The van der Waals surface area contributed by atoms with Gasteiger partial charge in [0.25, 0.3) is 0 Å². The van der Waals surface area contributed by atoms with Crippen molar-refractivity contribution >= 4 is 23.4 Å². The van der Waals surface area contributed by atoms with Crippen LogP contribution in [0.15, 0.2) is 35.4 Å². The topological polar surface area (TPSA) is 57.0 Å². The number of nitrogens with zero attached hydrogens (tertiary/aromatic N) is 3. The van der Waals surface area contributed by atoms with Crippen LogP contribution in [-0.4, -0.2) is 23.2 Å². The number of para-hydroxylation sites is 1. The van der Waals surface area contributed by atoms with Crippen LogP contribution in [0.2, 0.25) is 0 Å². The minimum absolute atomic E-state index is 0.0818. The maximum Gasteiger partial charge on any atom is 0.237 e. The third kappa shape index (κ3) is 3.14. The first-order valence-corrected chi connectivity index (χ1v) is 9.69. The number of hydrogen-bond donors (Lipinski definition) is 0. The fourth-order valence-corrected chi connectivity index (χ4v) is 4.46. The summed E-state index contributed by atoms with van der Waals surface area (Å²) >= 11 is 1.39. The van der Waals surface area contributed by atoms with Gasteiger partial charge in [-0.2, -0.15) is 5.26 Å². The Balaban J connectivity index is 1.50. The molecule has 1 aromatic carbocycles. The SMILES string of the molecule is N#Cc1cc2c(nc1SCC(=O)N1CCc3ccccc31)CCCC2. The van der Waals surface area contributed by atoms with E-state index >= 15 is 0 Å². The Kier molecular flexibility index (Phi) is 4.46. The molecule has 2 aromatic rings. The second-order valence-electron chi connectivity index (χ2n) is 6.48. The van der Waals surface area contributed by atoms with Crippen molar-refractivity contribution in [2.24, 2.45) is 0 Å². The standard InChI is InChI=1S/C20H19N3OS/c21-12-16-11-15-6-1-3-7-17(15)22-20(16)25-13-19(24)23-10-9-14-5-2-4-8-18(14)23/h2,4-5,8,11H,1,3,6-7,9-10,13H2. The Bertz CT molecular complexity index is 872. The highest BCUT2D eigenvalue weighted by atomic mass is 32.2. The highest BCUT2D eigenvalue weighted by Gasteiger charge is 2.24. The molecule has 1 aromatic heterocycles. The van der Waals surface area contributed by atoms with Crippen LogP contribution in [0.4, 0.5) is 5.69 Å². The van der Waals surface area contributed by atoms with Gasteiger partial charge in [-0.15, -0.1) is 0 Å². The second kappa shape index (κ2) is 6.89. The number of anilines is 1. The molecular formula is C20H19N3OS. The summed E-state index contributed by atoms with van der Waals surface area (Å²) in [5, 5.41) is 10.1. The molecule has 0 atom stereocenters. The maximum atomic E-state index is 12.7. The van der Waals surface area contributed by atoms with Crippen molar-refractivity contribution in [2.45, 2.75) is 37.1 Å². The first-order valence-electron chi connectivity index (χ1n) is 8.70. The molecule has 0 bridgehead atoms. The predicted molar refractivity (Wildman–Crippen MR) is 98.8 cm³/mol. The van der Waals surface area contributed by atoms with Gasteiger partial charge in [0, 0.05) is 17.9 Å². The number of thioether (sulfide) groups is 1. The largest absolute Gasteiger partial charge is 0.311 e. The zero-order valence-corrected chi connectivity index (χ0v) is 14.8. The summed E-state index contributed by atoms with van der Waals surface area (Å²) in [4.78, 5) is 19.2. The van der Waals surface area contributed by atoms with Crippen LogP contribution in [-0.2, 0) is 24.1 Å². The zero-order valence-electron chi connectivity index (χ0n) is 14.0. The molecule has 1 aliphatic heterocycles. The van der Waals surface area contributed by atoms with E-state index in [-0.39, 0.29) is 5.91 Å². The van der Waals surface area contributed by atoms with Crippen LogP contribution >= 0.6 is 11.8 Å². The van der Waals surface area contributed by atoms with E-state index in [4.69, 9.17) is 4.98 Å². The summed E-state index contributed by atoms with van der Waals surface area (Å²) < 4.78 is 0. The van der Waals surface area contributed by atoms with Gasteiger partial charge in [0.05, 0.1) is 11.3 Å². The molecule has 0 saturated carbocycles. The van der Waals surface area contributed by atoms with Crippen LogP contribution in [0.1, 0.15) is 35.2 Å². The van der Waals surface area contributed by atoms with Crippen molar-refractivity contribution < 1.29 is 4.79 Å². The number of carbonyl (C=O) groups is 1. The lowest BCUT2D eigenvalue weighted by molar-refractivity contribution is -0.116. The molecule has 0 N–H and O–H groups in total. The number of fused-ring (bicyclic) bond motifs is 2. The van der Waals surface area contributed by atoms with Crippen molar-refractivity contribution in [3.8, 4) is 6.07 Å². The van der Waals surface area contributed by atoms with Crippen molar-refractivity contribution in [3.63, 3.8) is 0 Å². The number of rotatable bonds is 3.